The second-order valence-corrected chi connectivity index (χ2v) is 6.20. The third kappa shape index (κ3) is 2.73. The van der Waals surface area contributed by atoms with E-state index in [1.807, 2.05) is 19.1 Å². The number of carboxylic acid groups (broad SMARTS) is 1. The molecule has 1 aromatic rings. The number of carbonyl (C=O) groups is 1. The van der Waals surface area contributed by atoms with E-state index in [9.17, 15) is 9.90 Å². The molecule has 0 aromatic heterocycles. The van der Waals surface area contributed by atoms with E-state index in [4.69, 9.17) is 0 Å². The molecule has 0 bridgehead atoms. The van der Waals surface area contributed by atoms with Gasteiger partial charge in [-0.15, -0.1) is 0 Å². The Kier molecular flexibility index (Phi) is 4.48. The number of rotatable bonds is 4. The fourth-order valence-electron chi connectivity index (χ4n) is 2.97. The Balaban J connectivity index is 2.34. The number of benzene rings is 1. The summed E-state index contributed by atoms with van der Waals surface area (Å²) in [5.74, 6) is -0.285. The van der Waals surface area contributed by atoms with Gasteiger partial charge in [0.05, 0.1) is 0 Å². The molecule has 1 saturated heterocycles. The van der Waals surface area contributed by atoms with Crippen LogP contribution >= 0.6 is 0 Å². The van der Waals surface area contributed by atoms with Gasteiger partial charge in [0.25, 0.3) is 0 Å². The van der Waals surface area contributed by atoms with Crippen molar-refractivity contribution >= 4 is 5.97 Å². The van der Waals surface area contributed by atoms with Gasteiger partial charge in [-0.1, -0.05) is 44.5 Å². The normalized spacial score (nSPS) is 19.8. The van der Waals surface area contributed by atoms with Crippen molar-refractivity contribution in [2.45, 2.75) is 51.5 Å². The lowest BCUT2D eigenvalue weighted by Crippen LogP contribution is -2.51. The minimum Gasteiger partial charge on any atom is -0.480 e. The van der Waals surface area contributed by atoms with Crippen molar-refractivity contribution in [1.82, 2.24) is 4.90 Å². The van der Waals surface area contributed by atoms with Gasteiger partial charge in [-0.3, -0.25) is 4.90 Å². The van der Waals surface area contributed by atoms with Gasteiger partial charge in [-0.2, -0.15) is 0 Å². The van der Waals surface area contributed by atoms with Crippen LogP contribution in [0.1, 0.15) is 57.1 Å². The van der Waals surface area contributed by atoms with Gasteiger partial charge in [-0.05, 0) is 49.9 Å². The lowest BCUT2D eigenvalue weighted by atomic mass is 9.87. The Morgan fingerprint density at radius 1 is 1.15 bits per heavy atom. The molecule has 2 rings (SSSR count). The molecule has 0 radical (unpaired) electrons. The number of hydrogen-bond donors (Lipinski definition) is 1. The van der Waals surface area contributed by atoms with Crippen LogP contribution in [-0.2, 0) is 10.3 Å². The first-order valence-corrected chi connectivity index (χ1v) is 7.55. The number of nitrogens with zero attached hydrogens (tertiary/aromatic N) is 1. The summed E-state index contributed by atoms with van der Waals surface area (Å²) < 4.78 is 0. The Bertz CT molecular complexity index is 460. The molecule has 1 aliphatic heterocycles. The molecule has 20 heavy (non-hydrogen) atoms. The van der Waals surface area contributed by atoms with E-state index in [2.05, 4.69) is 30.9 Å². The largest absolute Gasteiger partial charge is 0.480 e. The predicted octanol–water partition coefficient (Wildman–Crippen LogP) is 3.60. The van der Waals surface area contributed by atoms with E-state index in [0.717, 1.165) is 31.5 Å². The second kappa shape index (κ2) is 5.96. The second-order valence-electron chi connectivity index (χ2n) is 6.20. The molecule has 1 aliphatic rings. The maximum atomic E-state index is 11.9. The Morgan fingerprint density at radius 3 is 2.15 bits per heavy atom. The molecule has 1 unspecified atom stereocenters. The van der Waals surface area contributed by atoms with E-state index >= 15 is 0 Å². The molecule has 0 spiro atoms. The third-order valence-electron chi connectivity index (χ3n) is 4.54. The van der Waals surface area contributed by atoms with Crippen molar-refractivity contribution in [2.24, 2.45) is 0 Å². The maximum absolute atomic E-state index is 11.9. The van der Waals surface area contributed by atoms with Crippen molar-refractivity contribution in [3.8, 4) is 0 Å². The van der Waals surface area contributed by atoms with Crippen molar-refractivity contribution in [2.75, 3.05) is 13.1 Å². The lowest BCUT2D eigenvalue weighted by Gasteiger charge is -2.40. The molecule has 0 aliphatic carbocycles. The molecule has 1 heterocycles. The molecule has 110 valence electrons. The van der Waals surface area contributed by atoms with Gasteiger partial charge in [0.15, 0.2) is 0 Å². The van der Waals surface area contributed by atoms with Crippen LogP contribution in [0.15, 0.2) is 24.3 Å². The molecule has 0 saturated carbocycles. The number of piperidine rings is 1. The maximum Gasteiger partial charge on any atom is 0.328 e. The van der Waals surface area contributed by atoms with Gasteiger partial charge in [0, 0.05) is 0 Å². The van der Waals surface area contributed by atoms with Crippen LogP contribution in [-0.4, -0.2) is 29.1 Å². The van der Waals surface area contributed by atoms with Crippen molar-refractivity contribution in [1.29, 1.82) is 0 Å². The molecule has 3 heteroatoms. The van der Waals surface area contributed by atoms with Gasteiger partial charge in [0.1, 0.15) is 5.54 Å². The highest BCUT2D eigenvalue weighted by Gasteiger charge is 2.41. The predicted molar refractivity (Wildman–Crippen MR) is 80.9 cm³/mol. The fourth-order valence-corrected chi connectivity index (χ4v) is 2.97. The van der Waals surface area contributed by atoms with Crippen LogP contribution in [0.25, 0.3) is 0 Å². The summed E-state index contributed by atoms with van der Waals surface area (Å²) in [7, 11) is 0. The Hall–Kier alpha value is -1.35. The monoisotopic (exact) mass is 275 g/mol. The van der Waals surface area contributed by atoms with Crippen molar-refractivity contribution in [3.63, 3.8) is 0 Å². The highest BCUT2D eigenvalue weighted by atomic mass is 16.4. The quantitative estimate of drug-likeness (QED) is 0.912. The summed E-state index contributed by atoms with van der Waals surface area (Å²) in [5.41, 5.74) is 1.23. The minimum absolute atomic E-state index is 0.468. The standard InChI is InChI=1S/C17H25NO2/c1-13(2)14-7-9-15(10-8-14)17(3,16(19)20)18-11-5-4-6-12-18/h7-10,13H,4-6,11-12H2,1-3H3,(H,19,20). The number of hydrogen-bond acceptors (Lipinski definition) is 2. The van der Waals surface area contributed by atoms with Crippen LogP contribution in [0.4, 0.5) is 0 Å². The van der Waals surface area contributed by atoms with E-state index in [1.165, 1.54) is 12.0 Å². The van der Waals surface area contributed by atoms with Crippen LogP contribution < -0.4 is 0 Å². The highest BCUT2D eigenvalue weighted by Crippen LogP contribution is 2.32. The molecule has 0 amide bonds. The smallest absolute Gasteiger partial charge is 0.328 e. The van der Waals surface area contributed by atoms with Crippen molar-refractivity contribution < 1.29 is 9.90 Å². The molecule has 3 nitrogen and oxygen atoms in total. The van der Waals surface area contributed by atoms with E-state index in [-0.39, 0.29) is 0 Å². The molecule has 1 N–H and O–H groups in total. The third-order valence-corrected chi connectivity index (χ3v) is 4.54. The fraction of sp³-hybridized carbons (Fsp3) is 0.588. The van der Waals surface area contributed by atoms with Gasteiger partial charge >= 0.3 is 5.97 Å². The van der Waals surface area contributed by atoms with Gasteiger partial charge in [0.2, 0.25) is 0 Å². The lowest BCUT2D eigenvalue weighted by molar-refractivity contribution is -0.152. The molecular formula is C17H25NO2. The van der Waals surface area contributed by atoms with Crippen LogP contribution in [0.3, 0.4) is 0 Å². The zero-order valence-electron chi connectivity index (χ0n) is 12.7. The topological polar surface area (TPSA) is 40.5 Å². The Morgan fingerprint density at radius 2 is 1.70 bits per heavy atom. The van der Waals surface area contributed by atoms with Crippen LogP contribution in [0, 0.1) is 0 Å². The van der Waals surface area contributed by atoms with E-state index < -0.39 is 11.5 Å². The molecule has 1 aromatic carbocycles. The molecular weight excluding hydrogens is 250 g/mol. The zero-order valence-corrected chi connectivity index (χ0v) is 12.7. The van der Waals surface area contributed by atoms with Crippen molar-refractivity contribution in [3.05, 3.63) is 35.4 Å². The summed E-state index contributed by atoms with van der Waals surface area (Å²) in [5, 5.41) is 9.78. The van der Waals surface area contributed by atoms with Crippen LogP contribution in [0.2, 0.25) is 0 Å². The zero-order chi connectivity index (χ0) is 14.8. The summed E-state index contributed by atoms with van der Waals surface area (Å²) in [4.78, 5) is 14.0. The van der Waals surface area contributed by atoms with E-state index in [1.54, 1.807) is 0 Å². The average Bonchev–Trinajstić information content (AvgIpc) is 2.47. The average molecular weight is 275 g/mol. The summed E-state index contributed by atoms with van der Waals surface area (Å²) >= 11 is 0. The number of carboxylic acids is 1. The first-order chi connectivity index (χ1) is 9.46. The van der Waals surface area contributed by atoms with E-state index in [0.29, 0.717) is 5.92 Å². The van der Waals surface area contributed by atoms with Crippen LogP contribution in [0.5, 0.6) is 0 Å². The molecule has 1 fully saturated rings. The number of aliphatic carboxylic acids is 1. The van der Waals surface area contributed by atoms with Gasteiger partial charge < -0.3 is 5.11 Å². The highest BCUT2D eigenvalue weighted by molar-refractivity contribution is 5.80. The SMILES string of the molecule is CC(C)c1ccc(C(C)(C(=O)O)N2CCCCC2)cc1. The summed E-state index contributed by atoms with van der Waals surface area (Å²) in [6.45, 7) is 7.88. The summed E-state index contributed by atoms with van der Waals surface area (Å²) in [6.07, 6.45) is 3.39. The first kappa shape index (κ1) is 15.0. The summed E-state index contributed by atoms with van der Waals surface area (Å²) in [6, 6.07) is 8.09. The number of likely N-dealkylation sites (tertiary alicyclic amines) is 1. The Labute approximate surface area is 121 Å². The van der Waals surface area contributed by atoms with Gasteiger partial charge in [-0.25, -0.2) is 4.79 Å². The minimum atomic E-state index is -0.907. The molecule has 1 atom stereocenters. The first-order valence-electron chi connectivity index (χ1n) is 7.55.